The number of hydrogen-bond acceptors (Lipinski definition) is 3. The zero-order chi connectivity index (χ0) is 22.9. The van der Waals surface area contributed by atoms with Gasteiger partial charge in [-0.15, -0.1) is 0 Å². The second-order valence-electron chi connectivity index (χ2n) is 7.88. The second-order valence-corrected chi connectivity index (χ2v) is 8.32. The number of hydrogen-bond donors (Lipinski definition) is 0. The summed E-state index contributed by atoms with van der Waals surface area (Å²) >= 11 is 6.07. The van der Waals surface area contributed by atoms with Crippen molar-refractivity contribution in [1.82, 2.24) is 18.7 Å². The van der Waals surface area contributed by atoms with Gasteiger partial charge in [0.25, 0.3) is 5.56 Å². The van der Waals surface area contributed by atoms with E-state index in [-0.39, 0.29) is 18.1 Å². The fourth-order valence-electron chi connectivity index (χ4n) is 4.06. The van der Waals surface area contributed by atoms with E-state index in [2.05, 4.69) is 4.98 Å². The lowest BCUT2D eigenvalue weighted by Gasteiger charge is -2.16. The second kappa shape index (κ2) is 8.56. The Morgan fingerprint density at radius 1 is 0.879 bits per heavy atom. The first kappa shape index (κ1) is 21.0. The Balaban J connectivity index is 1.80. The molecule has 164 valence electrons. The van der Waals surface area contributed by atoms with Gasteiger partial charge in [-0.3, -0.25) is 9.36 Å². The first-order chi connectivity index (χ1) is 16.0. The van der Waals surface area contributed by atoms with Crippen LogP contribution < -0.4 is 11.2 Å². The van der Waals surface area contributed by atoms with Crippen molar-refractivity contribution in [2.24, 2.45) is 0 Å². The summed E-state index contributed by atoms with van der Waals surface area (Å²) in [6.45, 7) is 2.17. The van der Waals surface area contributed by atoms with E-state index >= 15 is 0 Å². The molecule has 0 radical (unpaired) electrons. The van der Waals surface area contributed by atoms with Crippen LogP contribution in [0.2, 0.25) is 5.02 Å². The minimum absolute atomic E-state index is 0.148. The lowest BCUT2D eigenvalue weighted by atomic mass is 10.1. The van der Waals surface area contributed by atoms with Gasteiger partial charge in [0, 0.05) is 5.02 Å². The van der Waals surface area contributed by atoms with Gasteiger partial charge in [0.05, 0.1) is 24.6 Å². The van der Waals surface area contributed by atoms with Crippen molar-refractivity contribution in [2.75, 3.05) is 0 Å². The molecule has 0 N–H and O–H groups in total. The zero-order valence-corrected chi connectivity index (χ0v) is 18.7. The van der Waals surface area contributed by atoms with Crippen molar-refractivity contribution in [1.29, 1.82) is 0 Å². The fraction of sp³-hybridized carbons (Fsp3) is 0.115. The summed E-state index contributed by atoms with van der Waals surface area (Å²) in [6.07, 6.45) is 1.63. The molecule has 0 fully saturated rings. The molecule has 0 bridgehead atoms. The predicted molar refractivity (Wildman–Crippen MR) is 130 cm³/mol. The molecule has 33 heavy (non-hydrogen) atoms. The smallest absolute Gasteiger partial charge is 0.317 e. The molecule has 5 rings (SSSR count). The zero-order valence-electron chi connectivity index (χ0n) is 17.9. The van der Waals surface area contributed by atoms with Crippen LogP contribution in [-0.2, 0) is 6.54 Å². The van der Waals surface area contributed by atoms with Gasteiger partial charge in [-0.1, -0.05) is 72.3 Å². The Morgan fingerprint density at radius 2 is 1.52 bits per heavy atom. The topological polar surface area (TPSA) is 61.8 Å². The summed E-state index contributed by atoms with van der Waals surface area (Å²) in [5, 5.41) is 0.559. The molecule has 2 aromatic heterocycles. The molecular formula is C26H21ClN4O2. The molecule has 7 heteroatoms. The van der Waals surface area contributed by atoms with Gasteiger partial charge < -0.3 is 4.57 Å². The summed E-state index contributed by atoms with van der Waals surface area (Å²) < 4.78 is 4.58. The van der Waals surface area contributed by atoms with Gasteiger partial charge >= 0.3 is 5.69 Å². The van der Waals surface area contributed by atoms with Crippen molar-refractivity contribution >= 4 is 22.8 Å². The summed E-state index contributed by atoms with van der Waals surface area (Å²) in [5.41, 5.74) is 2.36. The average molecular weight is 457 g/mol. The Labute approximate surface area is 195 Å². The van der Waals surface area contributed by atoms with Crippen LogP contribution in [0, 0.1) is 0 Å². The number of nitrogens with zero attached hydrogens (tertiary/aromatic N) is 4. The molecule has 0 saturated heterocycles. The number of halogens is 1. The minimum Gasteiger partial charge on any atom is -0.317 e. The van der Waals surface area contributed by atoms with E-state index in [0.29, 0.717) is 21.9 Å². The van der Waals surface area contributed by atoms with Crippen LogP contribution in [-0.4, -0.2) is 18.7 Å². The summed E-state index contributed by atoms with van der Waals surface area (Å²) in [6, 6.07) is 26.1. The van der Waals surface area contributed by atoms with Crippen LogP contribution in [0.25, 0.3) is 16.9 Å². The Hall–Kier alpha value is -3.90. The normalized spacial score (nSPS) is 12.2. The van der Waals surface area contributed by atoms with Gasteiger partial charge in [0.15, 0.2) is 11.2 Å². The maximum absolute atomic E-state index is 13.7. The molecule has 0 spiro atoms. The SMILES string of the molecule is CC(c1ccccc1)n1cnc2c1c(=O)n(Cc1ccccc1)c(=O)n2-c1ccc(Cl)cc1. The molecule has 0 aliphatic heterocycles. The lowest BCUT2D eigenvalue weighted by Crippen LogP contribution is -2.40. The number of aromatic nitrogens is 4. The Kier molecular flexibility index (Phi) is 5.44. The molecule has 3 aromatic carbocycles. The number of benzene rings is 3. The van der Waals surface area contributed by atoms with E-state index in [0.717, 1.165) is 11.1 Å². The highest BCUT2D eigenvalue weighted by Crippen LogP contribution is 2.22. The molecular weight excluding hydrogens is 436 g/mol. The molecule has 1 atom stereocenters. The Bertz CT molecular complexity index is 1540. The fourth-order valence-corrected chi connectivity index (χ4v) is 4.19. The van der Waals surface area contributed by atoms with E-state index in [1.165, 1.54) is 9.13 Å². The van der Waals surface area contributed by atoms with Gasteiger partial charge in [0.1, 0.15) is 0 Å². The maximum Gasteiger partial charge on any atom is 0.337 e. The van der Waals surface area contributed by atoms with Crippen molar-refractivity contribution < 1.29 is 0 Å². The Morgan fingerprint density at radius 3 is 2.18 bits per heavy atom. The van der Waals surface area contributed by atoms with Crippen molar-refractivity contribution in [3.63, 3.8) is 0 Å². The van der Waals surface area contributed by atoms with Crippen LogP contribution in [0.1, 0.15) is 24.1 Å². The van der Waals surface area contributed by atoms with E-state index in [9.17, 15) is 9.59 Å². The van der Waals surface area contributed by atoms with Gasteiger partial charge in [-0.2, -0.15) is 0 Å². The van der Waals surface area contributed by atoms with Crippen LogP contribution in [0.15, 0.2) is 101 Å². The number of rotatable bonds is 5. The third kappa shape index (κ3) is 3.79. The highest BCUT2D eigenvalue weighted by Gasteiger charge is 2.22. The molecule has 2 heterocycles. The minimum atomic E-state index is -0.448. The summed E-state index contributed by atoms with van der Waals surface area (Å²) in [7, 11) is 0. The van der Waals surface area contributed by atoms with Crippen LogP contribution in [0.4, 0.5) is 0 Å². The lowest BCUT2D eigenvalue weighted by molar-refractivity contribution is 0.640. The molecule has 1 unspecified atom stereocenters. The predicted octanol–water partition coefficient (Wildman–Crippen LogP) is 4.66. The first-order valence-electron chi connectivity index (χ1n) is 10.6. The molecule has 0 amide bonds. The quantitative estimate of drug-likeness (QED) is 0.386. The summed E-state index contributed by atoms with van der Waals surface area (Å²) in [5.74, 6) is 0. The van der Waals surface area contributed by atoms with E-state index < -0.39 is 5.69 Å². The van der Waals surface area contributed by atoms with Crippen molar-refractivity contribution in [3.8, 4) is 5.69 Å². The van der Waals surface area contributed by atoms with E-state index in [4.69, 9.17) is 11.6 Å². The molecule has 0 saturated carbocycles. The highest BCUT2D eigenvalue weighted by atomic mass is 35.5. The average Bonchev–Trinajstić information content (AvgIpc) is 3.28. The monoisotopic (exact) mass is 456 g/mol. The maximum atomic E-state index is 13.7. The third-order valence-electron chi connectivity index (χ3n) is 5.82. The van der Waals surface area contributed by atoms with E-state index in [1.54, 1.807) is 30.6 Å². The molecule has 5 aromatic rings. The van der Waals surface area contributed by atoms with E-state index in [1.807, 2.05) is 72.2 Å². The first-order valence-corrected chi connectivity index (χ1v) is 11.0. The van der Waals surface area contributed by atoms with Crippen LogP contribution in [0.3, 0.4) is 0 Å². The third-order valence-corrected chi connectivity index (χ3v) is 6.08. The van der Waals surface area contributed by atoms with Crippen LogP contribution in [0.5, 0.6) is 0 Å². The molecule has 6 nitrogen and oxygen atoms in total. The number of imidazole rings is 1. The van der Waals surface area contributed by atoms with Gasteiger partial charge in [-0.25, -0.2) is 14.3 Å². The molecule has 0 aliphatic rings. The van der Waals surface area contributed by atoms with Crippen LogP contribution >= 0.6 is 11.6 Å². The number of fused-ring (bicyclic) bond motifs is 1. The molecule has 0 aliphatic carbocycles. The van der Waals surface area contributed by atoms with Crippen molar-refractivity contribution in [2.45, 2.75) is 19.5 Å². The standard InChI is InChI=1S/C26H21ClN4O2/c1-18(20-10-6-3-7-11-20)30-17-28-24-23(30)25(32)29(16-19-8-4-2-5-9-19)26(33)31(24)22-14-12-21(27)13-15-22/h2-15,17-18H,16H2,1H3. The largest absolute Gasteiger partial charge is 0.337 e. The van der Waals surface area contributed by atoms with Gasteiger partial charge in [0.2, 0.25) is 0 Å². The highest BCUT2D eigenvalue weighted by molar-refractivity contribution is 6.30. The summed E-state index contributed by atoms with van der Waals surface area (Å²) in [4.78, 5) is 31.8. The van der Waals surface area contributed by atoms with Crippen molar-refractivity contribution in [3.05, 3.63) is 128 Å². The van der Waals surface area contributed by atoms with Gasteiger partial charge in [-0.05, 0) is 42.3 Å².